The van der Waals surface area contributed by atoms with Gasteiger partial charge in [0.2, 0.25) is 0 Å². The molecule has 2 rings (SSSR count). The van der Waals surface area contributed by atoms with Crippen molar-refractivity contribution in [2.24, 2.45) is 0 Å². The second-order valence-electron chi connectivity index (χ2n) is 2.92. The van der Waals surface area contributed by atoms with Crippen LogP contribution in [-0.4, -0.2) is 17.1 Å². The summed E-state index contributed by atoms with van der Waals surface area (Å²) in [4.78, 5) is 8.53. The Labute approximate surface area is 90.3 Å². The first-order valence-corrected chi connectivity index (χ1v) is 4.99. The van der Waals surface area contributed by atoms with Crippen molar-refractivity contribution in [3.63, 3.8) is 0 Å². The Morgan fingerprint density at radius 3 is 3.07 bits per heavy atom. The van der Waals surface area contributed by atoms with E-state index >= 15 is 0 Å². The fourth-order valence-corrected chi connectivity index (χ4v) is 1.62. The molecule has 0 N–H and O–H groups in total. The largest absolute Gasteiger partial charge is 0.377 e. The maximum Gasteiger partial charge on any atom is 0.154 e. The minimum Gasteiger partial charge on any atom is -0.377 e. The van der Waals surface area contributed by atoms with E-state index in [0.29, 0.717) is 12.4 Å². The van der Waals surface area contributed by atoms with Crippen molar-refractivity contribution in [2.45, 2.75) is 6.61 Å². The smallest absolute Gasteiger partial charge is 0.154 e. The molecule has 3 nitrogen and oxygen atoms in total. The molecule has 0 amide bonds. The van der Waals surface area contributed by atoms with E-state index in [-0.39, 0.29) is 0 Å². The number of rotatable bonds is 2. The lowest BCUT2D eigenvalue weighted by Gasteiger charge is -2.01. The molecule has 2 aromatic rings. The van der Waals surface area contributed by atoms with Crippen molar-refractivity contribution >= 4 is 26.8 Å². The lowest BCUT2D eigenvalue weighted by Crippen LogP contribution is -1.96. The molecule has 0 aliphatic carbocycles. The molecule has 0 unspecified atom stereocenters. The average molecular weight is 253 g/mol. The zero-order valence-corrected chi connectivity index (χ0v) is 9.28. The lowest BCUT2D eigenvalue weighted by atomic mass is 10.2. The van der Waals surface area contributed by atoms with Crippen LogP contribution in [0.1, 0.15) is 5.82 Å². The van der Waals surface area contributed by atoms with Gasteiger partial charge in [-0.25, -0.2) is 9.97 Å². The van der Waals surface area contributed by atoms with Crippen LogP contribution in [0.25, 0.3) is 10.9 Å². The first kappa shape index (κ1) is 9.55. The molecule has 0 aliphatic rings. The van der Waals surface area contributed by atoms with Gasteiger partial charge in [-0.1, -0.05) is 15.9 Å². The topological polar surface area (TPSA) is 35.0 Å². The SMILES string of the molecule is COCc1ncc2cc(Br)ccc2n1. The van der Waals surface area contributed by atoms with Crippen LogP contribution >= 0.6 is 15.9 Å². The zero-order chi connectivity index (χ0) is 9.97. The number of ether oxygens (including phenoxy) is 1. The first-order valence-electron chi connectivity index (χ1n) is 4.20. The van der Waals surface area contributed by atoms with Gasteiger partial charge in [-0.05, 0) is 18.2 Å². The minimum atomic E-state index is 0.450. The number of methoxy groups -OCH3 is 1. The highest BCUT2D eigenvalue weighted by atomic mass is 79.9. The van der Waals surface area contributed by atoms with E-state index in [1.54, 1.807) is 13.3 Å². The Morgan fingerprint density at radius 2 is 2.29 bits per heavy atom. The van der Waals surface area contributed by atoms with Gasteiger partial charge in [0.05, 0.1) is 5.52 Å². The fourth-order valence-electron chi connectivity index (χ4n) is 1.24. The molecule has 4 heteroatoms. The van der Waals surface area contributed by atoms with Gasteiger partial charge >= 0.3 is 0 Å². The molecule has 1 aromatic carbocycles. The predicted octanol–water partition coefficient (Wildman–Crippen LogP) is 2.54. The maximum atomic E-state index is 4.97. The Kier molecular flexibility index (Phi) is 2.74. The summed E-state index contributed by atoms with van der Waals surface area (Å²) < 4.78 is 6.00. The molecule has 72 valence electrons. The highest BCUT2D eigenvalue weighted by Gasteiger charge is 1.99. The normalized spacial score (nSPS) is 10.7. The summed E-state index contributed by atoms with van der Waals surface area (Å²) in [5.41, 5.74) is 0.940. The van der Waals surface area contributed by atoms with Crippen molar-refractivity contribution in [2.75, 3.05) is 7.11 Å². The van der Waals surface area contributed by atoms with Crippen LogP contribution in [0, 0.1) is 0 Å². The van der Waals surface area contributed by atoms with Gasteiger partial charge in [-0.2, -0.15) is 0 Å². The molecule has 0 saturated heterocycles. The molecule has 0 spiro atoms. The lowest BCUT2D eigenvalue weighted by molar-refractivity contribution is 0.178. The van der Waals surface area contributed by atoms with E-state index < -0.39 is 0 Å². The molecular weight excluding hydrogens is 244 g/mol. The quantitative estimate of drug-likeness (QED) is 0.824. The van der Waals surface area contributed by atoms with Crippen LogP contribution in [0.5, 0.6) is 0 Å². The van der Waals surface area contributed by atoms with Gasteiger partial charge < -0.3 is 4.74 Å². The molecule has 0 radical (unpaired) electrons. The van der Waals surface area contributed by atoms with Gasteiger partial charge in [-0.15, -0.1) is 0 Å². The summed E-state index contributed by atoms with van der Waals surface area (Å²) in [6.07, 6.45) is 1.81. The summed E-state index contributed by atoms with van der Waals surface area (Å²) in [6.45, 7) is 0.450. The third kappa shape index (κ3) is 1.91. The molecule has 14 heavy (non-hydrogen) atoms. The number of nitrogens with zero attached hydrogens (tertiary/aromatic N) is 2. The molecule has 1 heterocycles. The zero-order valence-electron chi connectivity index (χ0n) is 7.70. The number of hydrogen-bond acceptors (Lipinski definition) is 3. The molecule has 0 fully saturated rings. The van der Waals surface area contributed by atoms with Gasteiger partial charge in [0.25, 0.3) is 0 Å². The van der Waals surface area contributed by atoms with E-state index in [0.717, 1.165) is 15.4 Å². The number of fused-ring (bicyclic) bond motifs is 1. The van der Waals surface area contributed by atoms with Gasteiger partial charge in [0, 0.05) is 23.2 Å². The number of benzene rings is 1. The summed E-state index contributed by atoms with van der Waals surface area (Å²) in [7, 11) is 1.63. The molecule has 0 atom stereocenters. The molecule has 0 saturated carbocycles. The van der Waals surface area contributed by atoms with Crippen LogP contribution in [0.2, 0.25) is 0 Å². The summed E-state index contributed by atoms with van der Waals surface area (Å²) >= 11 is 3.40. The van der Waals surface area contributed by atoms with E-state index in [1.807, 2.05) is 18.2 Å². The Morgan fingerprint density at radius 1 is 1.43 bits per heavy atom. The van der Waals surface area contributed by atoms with Crippen LogP contribution in [0.4, 0.5) is 0 Å². The number of aromatic nitrogens is 2. The number of halogens is 1. The van der Waals surface area contributed by atoms with Gasteiger partial charge in [0.1, 0.15) is 6.61 Å². The second-order valence-corrected chi connectivity index (χ2v) is 3.84. The molecule has 0 bridgehead atoms. The van der Waals surface area contributed by atoms with E-state index in [4.69, 9.17) is 4.74 Å². The standard InChI is InChI=1S/C10H9BrN2O/c1-14-6-10-12-5-7-4-8(11)2-3-9(7)13-10/h2-5H,6H2,1H3. The Bertz CT molecular complexity index is 459. The highest BCUT2D eigenvalue weighted by molar-refractivity contribution is 9.10. The van der Waals surface area contributed by atoms with Crippen LogP contribution in [0.3, 0.4) is 0 Å². The molecule has 1 aromatic heterocycles. The molecule has 0 aliphatic heterocycles. The maximum absolute atomic E-state index is 4.97. The van der Waals surface area contributed by atoms with Crippen molar-refractivity contribution in [3.05, 3.63) is 34.7 Å². The third-order valence-corrected chi connectivity index (χ3v) is 2.36. The average Bonchev–Trinajstić information content (AvgIpc) is 2.19. The summed E-state index contributed by atoms with van der Waals surface area (Å²) in [6, 6.07) is 5.91. The monoisotopic (exact) mass is 252 g/mol. The minimum absolute atomic E-state index is 0.450. The van der Waals surface area contributed by atoms with Crippen molar-refractivity contribution in [1.82, 2.24) is 9.97 Å². The van der Waals surface area contributed by atoms with Gasteiger partial charge in [0.15, 0.2) is 5.82 Å². The van der Waals surface area contributed by atoms with Crippen molar-refractivity contribution in [1.29, 1.82) is 0 Å². The molecular formula is C10H9BrN2O. The fraction of sp³-hybridized carbons (Fsp3) is 0.200. The third-order valence-electron chi connectivity index (χ3n) is 1.87. The van der Waals surface area contributed by atoms with Crippen LogP contribution in [-0.2, 0) is 11.3 Å². The Hall–Kier alpha value is -1.00. The van der Waals surface area contributed by atoms with E-state index in [9.17, 15) is 0 Å². The summed E-state index contributed by atoms with van der Waals surface area (Å²) in [5, 5.41) is 1.03. The van der Waals surface area contributed by atoms with Crippen LogP contribution in [0.15, 0.2) is 28.9 Å². The predicted molar refractivity (Wildman–Crippen MR) is 58.0 cm³/mol. The van der Waals surface area contributed by atoms with Crippen LogP contribution < -0.4 is 0 Å². The van der Waals surface area contributed by atoms with E-state index in [1.165, 1.54) is 0 Å². The summed E-state index contributed by atoms with van der Waals surface area (Å²) in [5.74, 6) is 0.710. The highest BCUT2D eigenvalue weighted by Crippen LogP contribution is 2.17. The van der Waals surface area contributed by atoms with E-state index in [2.05, 4.69) is 25.9 Å². The number of hydrogen-bond donors (Lipinski definition) is 0. The van der Waals surface area contributed by atoms with Gasteiger partial charge in [-0.3, -0.25) is 0 Å². The first-order chi connectivity index (χ1) is 6.79. The second kappa shape index (κ2) is 4.02. The Balaban J connectivity index is 2.50. The van der Waals surface area contributed by atoms with Crippen molar-refractivity contribution < 1.29 is 4.74 Å². The van der Waals surface area contributed by atoms with Crippen molar-refractivity contribution in [3.8, 4) is 0 Å².